The van der Waals surface area contributed by atoms with E-state index in [0.717, 1.165) is 33.9 Å². The van der Waals surface area contributed by atoms with Crippen molar-refractivity contribution in [1.82, 2.24) is 4.90 Å². The van der Waals surface area contributed by atoms with E-state index in [1.807, 2.05) is 71.8 Å². The van der Waals surface area contributed by atoms with Gasteiger partial charge < -0.3 is 33.5 Å². The van der Waals surface area contributed by atoms with E-state index >= 15 is 0 Å². The summed E-state index contributed by atoms with van der Waals surface area (Å²) in [6.45, 7) is 5.58. The summed E-state index contributed by atoms with van der Waals surface area (Å²) < 4.78 is 29.1. The number of para-hydroxylation sites is 1. The van der Waals surface area contributed by atoms with Gasteiger partial charge in [0.25, 0.3) is 0 Å². The standard InChI is InChI=1S/C38H42N2O7S/c1-37(2)46-30-21-31-38(34(48-5)35(41)39(31)19-8-20-45-23-25-13-17-27(44-4)18-14-25)28-9-6-7-10-29(28)40(33(38)32(30)36(42)47-37)22-24-11-15-26(43-3)16-12-24/h6-7,9-18,31,33-34H,8,19-23H2,1-5H3/t31-,33-,34-,38+/m0/s1. The highest BCUT2D eigenvalue weighted by molar-refractivity contribution is 8.00. The van der Waals surface area contributed by atoms with Gasteiger partial charge in [-0.05, 0) is 59.7 Å². The zero-order chi connectivity index (χ0) is 33.6. The highest BCUT2D eigenvalue weighted by Gasteiger charge is 2.72. The lowest BCUT2D eigenvalue weighted by molar-refractivity contribution is -0.211. The van der Waals surface area contributed by atoms with Crippen molar-refractivity contribution < 1.29 is 33.3 Å². The summed E-state index contributed by atoms with van der Waals surface area (Å²) in [5, 5.41) is -0.411. The number of anilines is 1. The maximum atomic E-state index is 14.6. The Balaban J connectivity index is 1.25. The van der Waals surface area contributed by atoms with E-state index in [-0.39, 0.29) is 17.9 Å². The van der Waals surface area contributed by atoms with E-state index in [1.54, 1.807) is 39.8 Å². The molecule has 3 heterocycles. The summed E-state index contributed by atoms with van der Waals surface area (Å²) in [6, 6.07) is 23.5. The van der Waals surface area contributed by atoms with Crippen molar-refractivity contribution in [3.8, 4) is 11.5 Å². The number of fused-ring (bicyclic) bond motifs is 2. The van der Waals surface area contributed by atoms with Gasteiger partial charge in [-0.15, -0.1) is 0 Å². The molecule has 1 aliphatic carbocycles. The largest absolute Gasteiger partial charge is 0.497 e. The molecule has 0 aromatic heterocycles. The summed E-state index contributed by atoms with van der Waals surface area (Å²) in [5.41, 5.74) is 4.05. The molecular formula is C38H42N2O7S. The van der Waals surface area contributed by atoms with Gasteiger partial charge in [-0.3, -0.25) is 4.79 Å². The zero-order valence-electron chi connectivity index (χ0n) is 28.1. The predicted molar refractivity (Wildman–Crippen MR) is 184 cm³/mol. The maximum Gasteiger partial charge on any atom is 0.342 e. The van der Waals surface area contributed by atoms with Crippen molar-refractivity contribution in [2.24, 2.45) is 0 Å². The van der Waals surface area contributed by atoms with Gasteiger partial charge in [0.15, 0.2) is 0 Å². The van der Waals surface area contributed by atoms with Crippen LogP contribution in [0, 0.1) is 0 Å². The summed E-state index contributed by atoms with van der Waals surface area (Å²) in [4.78, 5) is 32.9. The van der Waals surface area contributed by atoms with Crippen molar-refractivity contribution in [3.05, 3.63) is 101 Å². The van der Waals surface area contributed by atoms with Crippen LogP contribution >= 0.6 is 11.8 Å². The summed E-state index contributed by atoms with van der Waals surface area (Å²) in [5.74, 6) is 0.797. The fraction of sp³-hybridized carbons (Fsp3) is 0.421. The SMILES string of the molecule is COc1ccc(COCCCN2C(=O)[C@H](SC)[C@@]34c5ccccc5N(Cc5ccc(OC)cc5)[C@H]3C3=C(C[C@H]24)OC(C)(C)OC3=O)cc1. The molecule has 0 N–H and O–H groups in total. The number of thioether (sulfide) groups is 1. The second kappa shape index (κ2) is 12.7. The lowest BCUT2D eigenvalue weighted by Gasteiger charge is -2.50. The molecule has 3 aromatic rings. The average Bonchev–Trinajstić information content (AvgIpc) is 3.50. The summed E-state index contributed by atoms with van der Waals surface area (Å²) in [7, 11) is 3.30. The molecule has 1 spiro atoms. The first-order valence-electron chi connectivity index (χ1n) is 16.4. The number of benzene rings is 3. The molecule has 3 aliphatic heterocycles. The van der Waals surface area contributed by atoms with E-state index in [9.17, 15) is 9.59 Å². The maximum absolute atomic E-state index is 14.6. The Morgan fingerprint density at radius 1 is 0.875 bits per heavy atom. The van der Waals surface area contributed by atoms with Crippen LogP contribution in [0.4, 0.5) is 5.69 Å². The summed E-state index contributed by atoms with van der Waals surface area (Å²) in [6.07, 6.45) is 3.12. The minimum Gasteiger partial charge on any atom is -0.497 e. The second-order valence-corrected chi connectivity index (χ2v) is 14.1. The third-order valence-electron chi connectivity index (χ3n) is 10.1. The van der Waals surface area contributed by atoms with Crippen LogP contribution in [0.1, 0.15) is 43.4 Å². The van der Waals surface area contributed by atoms with Gasteiger partial charge in [0.05, 0.1) is 49.1 Å². The Morgan fingerprint density at radius 3 is 2.21 bits per heavy atom. The highest BCUT2D eigenvalue weighted by Crippen LogP contribution is 2.63. The molecule has 48 heavy (non-hydrogen) atoms. The third kappa shape index (κ3) is 5.29. The molecule has 0 radical (unpaired) electrons. The number of hydrogen-bond acceptors (Lipinski definition) is 9. The number of carbonyl (C=O) groups excluding carboxylic acids is 2. The fourth-order valence-corrected chi connectivity index (χ4v) is 9.31. The summed E-state index contributed by atoms with van der Waals surface area (Å²) >= 11 is 1.57. The topological polar surface area (TPSA) is 86.8 Å². The van der Waals surface area contributed by atoms with Crippen LogP contribution in [-0.2, 0) is 42.4 Å². The van der Waals surface area contributed by atoms with Gasteiger partial charge in [-0.2, -0.15) is 11.8 Å². The molecule has 0 saturated carbocycles. The molecule has 9 nitrogen and oxygen atoms in total. The first-order chi connectivity index (χ1) is 23.2. The van der Waals surface area contributed by atoms with Crippen LogP contribution in [0.15, 0.2) is 84.1 Å². The van der Waals surface area contributed by atoms with Gasteiger partial charge in [0.1, 0.15) is 17.3 Å². The van der Waals surface area contributed by atoms with Crippen molar-refractivity contribution in [2.75, 3.05) is 38.5 Å². The van der Waals surface area contributed by atoms with Gasteiger partial charge in [0, 0.05) is 45.7 Å². The van der Waals surface area contributed by atoms with Gasteiger partial charge in [-0.25, -0.2) is 4.79 Å². The van der Waals surface area contributed by atoms with Gasteiger partial charge in [-0.1, -0.05) is 42.5 Å². The number of ether oxygens (including phenoxy) is 5. The van der Waals surface area contributed by atoms with Crippen LogP contribution in [0.2, 0.25) is 0 Å². The molecule has 1 saturated heterocycles. The third-order valence-corrected chi connectivity index (χ3v) is 11.1. The highest BCUT2D eigenvalue weighted by atomic mass is 32.2. The minimum absolute atomic E-state index is 0.0845. The fourth-order valence-electron chi connectivity index (χ4n) is 8.17. The van der Waals surface area contributed by atoms with E-state index in [1.165, 1.54) is 0 Å². The Labute approximate surface area is 286 Å². The average molecular weight is 671 g/mol. The van der Waals surface area contributed by atoms with Gasteiger partial charge >= 0.3 is 5.97 Å². The normalized spacial score (nSPS) is 25.1. The number of nitrogens with zero attached hydrogens (tertiary/aromatic N) is 2. The Hall–Kier alpha value is -4.15. The van der Waals surface area contributed by atoms with E-state index in [0.29, 0.717) is 50.5 Å². The Morgan fingerprint density at radius 2 is 1.54 bits per heavy atom. The number of rotatable bonds is 11. The molecule has 1 fully saturated rings. The lowest BCUT2D eigenvalue weighted by Crippen LogP contribution is -2.62. The predicted octanol–water partition coefficient (Wildman–Crippen LogP) is 5.85. The van der Waals surface area contributed by atoms with Crippen molar-refractivity contribution >= 4 is 29.3 Å². The number of carbonyl (C=O) groups is 2. The Kier molecular flexibility index (Phi) is 8.58. The van der Waals surface area contributed by atoms with E-state index in [4.69, 9.17) is 23.7 Å². The smallest absolute Gasteiger partial charge is 0.342 e. The lowest BCUT2D eigenvalue weighted by atomic mass is 9.63. The second-order valence-electron chi connectivity index (χ2n) is 13.2. The molecule has 252 valence electrons. The van der Waals surface area contributed by atoms with Crippen LogP contribution in [-0.4, -0.2) is 73.5 Å². The van der Waals surface area contributed by atoms with Crippen LogP contribution in [0.5, 0.6) is 11.5 Å². The molecule has 4 aliphatic rings. The van der Waals surface area contributed by atoms with E-state index < -0.39 is 22.5 Å². The number of methoxy groups -OCH3 is 2. The van der Waals surface area contributed by atoms with Crippen LogP contribution < -0.4 is 14.4 Å². The molecular weight excluding hydrogens is 628 g/mol. The minimum atomic E-state index is -1.11. The molecule has 0 bridgehead atoms. The first kappa shape index (κ1) is 32.4. The van der Waals surface area contributed by atoms with Crippen molar-refractivity contribution in [2.45, 2.75) is 68.4 Å². The van der Waals surface area contributed by atoms with Gasteiger partial charge in [0.2, 0.25) is 11.7 Å². The Bertz CT molecular complexity index is 1720. The van der Waals surface area contributed by atoms with Crippen molar-refractivity contribution in [3.63, 3.8) is 0 Å². The molecule has 4 atom stereocenters. The number of hydrogen-bond donors (Lipinski definition) is 0. The number of likely N-dealkylation sites (tertiary alicyclic amines) is 1. The molecule has 0 unspecified atom stereocenters. The zero-order valence-corrected chi connectivity index (χ0v) is 28.9. The quantitative estimate of drug-likeness (QED) is 0.184. The van der Waals surface area contributed by atoms with E-state index in [2.05, 4.69) is 17.0 Å². The molecule has 3 aromatic carbocycles. The number of amides is 1. The van der Waals surface area contributed by atoms with Crippen LogP contribution in [0.3, 0.4) is 0 Å². The monoisotopic (exact) mass is 670 g/mol. The van der Waals surface area contributed by atoms with Crippen molar-refractivity contribution in [1.29, 1.82) is 0 Å². The van der Waals surface area contributed by atoms with Crippen LogP contribution in [0.25, 0.3) is 0 Å². The number of cyclic esters (lactones) is 1. The molecule has 7 rings (SSSR count). The molecule has 1 amide bonds. The molecule has 10 heteroatoms. The first-order valence-corrected chi connectivity index (χ1v) is 17.7. The number of esters is 1.